The largest absolute Gasteiger partial charge is 0.503 e. The van der Waals surface area contributed by atoms with Crippen molar-refractivity contribution in [3.05, 3.63) is 48.4 Å². The first-order chi connectivity index (χ1) is 12.3. The highest BCUT2D eigenvalue weighted by molar-refractivity contribution is 6.15. The lowest BCUT2D eigenvalue weighted by atomic mass is 10.1. The van der Waals surface area contributed by atoms with E-state index >= 15 is 0 Å². The summed E-state index contributed by atoms with van der Waals surface area (Å²) in [5, 5.41) is 9.28. The van der Waals surface area contributed by atoms with Crippen molar-refractivity contribution < 1.29 is 37.3 Å². The van der Waals surface area contributed by atoms with Gasteiger partial charge in [-0.15, -0.1) is 0 Å². The van der Waals surface area contributed by atoms with Gasteiger partial charge in [0.25, 0.3) is 0 Å². The molecule has 26 heavy (non-hydrogen) atoms. The number of aromatic nitrogens is 2. The summed E-state index contributed by atoms with van der Waals surface area (Å²) < 4.78 is 51.3. The van der Waals surface area contributed by atoms with Crippen molar-refractivity contribution in [2.24, 2.45) is 0 Å². The molecule has 0 amide bonds. The molecule has 0 aliphatic rings. The lowest BCUT2D eigenvalue weighted by molar-refractivity contribution is -0.154. The minimum Gasteiger partial charge on any atom is -0.503 e. The van der Waals surface area contributed by atoms with Gasteiger partial charge in [0, 0.05) is 17.8 Å². The van der Waals surface area contributed by atoms with Gasteiger partial charge in [0.2, 0.25) is 5.88 Å². The Balaban J connectivity index is 2.27. The summed E-state index contributed by atoms with van der Waals surface area (Å²) in [6.45, 7) is -1.51. The van der Waals surface area contributed by atoms with Gasteiger partial charge in [0.1, 0.15) is 11.3 Å². The second-order valence-electron chi connectivity index (χ2n) is 4.75. The molecule has 1 aromatic carbocycles. The zero-order chi connectivity index (χ0) is 19.2. The van der Waals surface area contributed by atoms with Gasteiger partial charge in [0.05, 0.1) is 13.4 Å². The Labute approximate surface area is 145 Å². The van der Waals surface area contributed by atoms with Crippen LogP contribution < -0.4 is 9.47 Å². The zero-order valence-corrected chi connectivity index (χ0v) is 13.4. The number of carboxylic acid groups (broad SMARTS) is 1. The van der Waals surface area contributed by atoms with Gasteiger partial charge in [-0.3, -0.25) is 0 Å². The van der Waals surface area contributed by atoms with Crippen molar-refractivity contribution >= 4 is 11.5 Å². The van der Waals surface area contributed by atoms with Gasteiger partial charge in [0.15, 0.2) is 6.61 Å². The fourth-order valence-electron chi connectivity index (χ4n) is 1.83. The van der Waals surface area contributed by atoms with Crippen LogP contribution in [0.25, 0.3) is 5.57 Å². The summed E-state index contributed by atoms with van der Waals surface area (Å²) in [6, 6.07) is 6.91. The standard InChI is InChI=1S/C16H13F3N2O5/c1-24-8-11(14(22)23)10-4-2-3-5-12(10)26-15-20-7-6-13(21-15)25-9-16(17,18)19/h2-8H,9H2,1H3,(H,22,23). The molecule has 0 radical (unpaired) electrons. The number of carbonyl (C=O) groups is 1. The SMILES string of the molecule is COC=C(C(=O)O)c1ccccc1Oc1nccc(OCC(F)(F)F)n1. The van der Waals surface area contributed by atoms with Crippen molar-refractivity contribution in [1.29, 1.82) is 0 Å². The van der Waals surface area contributed by atoms with E-state index in [0.29, 0.717) is 0 Å². The van der Waals surface area contributed by atoms with Crippen LogP contribution in [0.5, 0.6) is 17.6 Å². The van der Waals surface area contributed by atoms with E-state index in [1.54, 1.807) is 12.1 Å². The molecule has 0 aliphatic carbocycles. The Morgan fingerprint density at radius 1 is 1.27 bits per heavy atom. The van der Waals surface area contributed by atoms with E-state index in [1.165, 1.54) is 19.2 Å². The minimum absolute atomic E-state index is 0.0752. The molecule has 0 unspecified atom stereocenters. The monoisotopic (exact) mass is 370 g/mol. The molecule has 0 spiro atoms. The molecule has 0 aliphatic heterocycles. The Hall–Kier alpha value is -3.30. The van der Waals surface area contributed by atoms with Crippen LogP contribution in [0.15, 0.2) is 42.8 Å². The molecule has 0 saturated carbocycles. The third-order valence-corrected chi connectivity index (χ3v) is 2.84. The summed E-state index contributed by atoms with van der Waals surface area (Å²) in [4.78, 5) is 18.9. The Bertz CT molecular complexity index is 808. The van der Waals surface area contributed by atoms with Crippen molar-refractivity contribution in [2.45, 2.75) is 6.18 Å². The molecule has 0 fully saturated rings. The van der Waals surface area contributed by atoms with Crippen LogP contribution >= 0.6 is 0 Å². The van der Waals surface area contributed by atoms with Crippen molar-refractivity contribution in [1.82, 2.24) is 9.97 Å². The molecule has 0 saturated heterocycles. The topological polar surface area (TPSA) is 90.8 Å². The lowest BCUT2D eigenvalue weighted by Crippen LogP contribution is -2.19. The lowest BCUT2D eigenvalue weighted by Gasteiger charge is -2.11. The van der Waals surface area contributed by atoms with E-state index in [9.17, 15) is 23.1 Å². The molecule has 7 nitrogen and oxygen atoms in total. The molecule has 0 bridgehead atoms. The number of ether oxygens (including phenoxy) is 3. The highest BCUT2D eigenvalue weighted by Crippen LogP contribution is 2.29. The number of carboxylic acids is 1. The number of nitrogens with zero attached hydrogens (tertiary/aromatic N) is 2. The maximum atomic E-state index is 12.2. The van der Waals surface area contributed by atoms with E-state index in [2.05, 4.69) is 14.7 Å². The Morgan fingerprint density at radius 3 is 2.65 bits per heavy atom. The quantitative estimate of drug-likeness (QED) is 0.591. The molecule has 2 rings (SSSR count). The van der Waals surface area contributed by atoms with Crippen LogP contribution in [0, 0.1) is 0 Å². The summed E-state index contributed by atoms with van der Waals surface area (Å²) in [5.41, 5.74) is -0.0142. The fourth-order valence-corrected chi connectivity index (χ4v) is 1.83. The number of halogens is 3. The molecule has 1 aromatic heterocycles. The van der Waals surface area contributed by atoms with E-state index in [4.69, 9.17) is 9.47 Å². The second kappa shape index (κ2) is 8.19. The maximum Gasteiger partial charge on any atom is 0.422 e. The van der Waals surface area contributed by atoms with Crippen LogP contribution in [0.4, 0.5) is 13.2 Å². The van der Waals surface area contributed by atoms with Gasteiger partial charge in [-0.1, -0.05) is 18.2 Å². The van der Waals surface area contributed by atoms with Crippen LogP contribution in [-0.2, 0) is 9.53 Å². The molecule has 138 valence electrons. The molecule has 0 atom stereocenters. The summed E-state index contributed by atoms with van der Waals surface area (Å²) in [7, 11) is 1.29. The smallest absolute Gasteiger partial charge is 0.422 e. The molecule has 1 heterocycles. The van der Waals surface area contributed by atoms with Gasteiger partial charge in [-0.25, -0.2) is 9.78 Å². The number of hydrogen-bond donors (Lipinski definition) is 1. The van der Waals surface area contributed by atoms with E-state index in [-0.39, 0.29) is 28.8 Å². The third kappa shape index (κ3) is 5.36. The van der Waals surface area contributed by atoms with Crippen LogP contribution in [0.1, 0.15) is 5.56 Å². The molecule has 1 N–H and O–H groups in total. The van der Waals surface area contributed by atoms with E-state index in [1.807, 2.05) is 0 Å². The normalized spacial score (nSPS) is 11.8. The zero-order valence-electron chi connectivity index (χ0n) is 13.4. The third-order valence-electron chi connectivity index (χ3n) is 2.84. The average Bonchev–Trinajstić information content (AvgIpc) is 2.58. The molecule has 10 heteroatoms. The number of para-hydroxylation sites is 1. The highest BCUT2D eigenvalue weighted by atomic mass is 19.4. The van der Waals surface area contributed by atoms with Crippen LogP contribution in [0.2, 0.25) is 0 Å². The minimum atomic E-state index is -4.51. The maximum absolute atomic E-state index is 12.2. The molecule has 2 aromatic rings. The van der Waals surface area contributed by atoms with E-state index < -0.39 is 18.8 Å². The Kier molecular flexibility index (Phi) is 5.99. The van der Waals surface area contributed by atoms with Crippen molar-refractivity contribution in [3.8, 4) is 17.6 Å². The molecular weight excluding hydrogens is 357 g/mol. The summed E-state index contributed by atoms with van der Waals surface area (Å²) >= 11 is 0. The summed E-state index contributed by atoms with van der Waals surface area (Å²) in [5.74, 6) is -1.52. The van der Waals surface area contributed by atoms with E-state index in [0.717, 1.165) is 18.5 Å². The number of alkyl halides is 3. The predicted octanol–water partition coefficient (Wildman–Crippen LogP) is 3.28. The Morgan fingerprint density at radius 2 is 2.00 bits per heavy atom. The average molecular weight is 370 g/mol. The fraction of sp³-hybridized carbons (Fsp3) is 0.188. The number of rotatable bonds is 7. The van der Waals surface area contributed by atoms with Crippen LogP contribution in [-0.4, -0.2) is 40.9 Å². The van der Waals surface area contributed by atoms with Crippen LogP contribution in [0.3, 0.4) is 0 Å². The summed E-state index contributed by atoms with van der Waals surface area (Å²) in [6.07, 6.45) is -2.34. The van der Waals surface area contributed by atoms with Gasteiger partial charge < -0.3 is 19.3 Å². The first-order valence-electron chi connectivity index (χ1n) is 7.06. The highest BCUT2D eigenvalue weighted by Gasteiger charge is 2.28. The number of benzene rings is 1. The molecular formula is C16H13F3N2O5. The first kappa shape index (κ1) is 19.0. The van der Waals surface area contributed by atoms with Gasteiger partial charge >= 0.3 is 18.2 Å². The number of aliphatic carboxylic acids is 1. The predicted molar refractivity (Wildman–Crippen MR) is 82.7 cm³/mol. The van der Waals surface area contributed by atoms with Crippen molar-refractivity contribution in [3.63, 3.8) is 0 Å². The number of methoxy groups -OCH3 is 1. The van der Waals surface area contributed by atoms with Crippen molar-refractivity contribution in [2.75, 3.05) is 13.7 Å². The second-order valence-corrected chi connectivity index (χ2v) is 4.75. The number of hydrogen-bond acceptors (Lipinski definition) is 6. The van der Waals surface area contributed by atoms with Gasteiger partial charge in [-0.05, 0) is 6.07 Å². The first-order valence-corrected chi connectivity index (χ1v) is 7.06. The van der Waals surface area contributed by atoms with Gasteiger partial charge in [-0.2, -0.15) is 18.2 Å².